The van der Waals surface area contributed by atoms with Crippen LogP contribution >= 0.6 is 0 Å². The van der Waals surface area contributed by atoms with Crippen LogP contribution in [-0.2, 0) is 38.3 Å². The molecule has 0 radical (unpaired) electrons. The van der Waals surface area contributed by atoms with Crippen molar-refractivity contribution in [3.63, 3.8) is 0 Å². The minimum atomic E-state index is -1.11. The highest BCUT2D eigenvalue weighted by atomic mass is 16.6. The number of aliphatic hydroxyl groups excluding tert-OH is 2. The summed E-state index contributed by atoms with van der Waals surface area (Å²) in [5.74, 6) is -0.438. The number of alkyl carbamates (subject to hydrolysis) is 1. The Bertz CT molecular complexity index is 1580. The van der Waals surface area contributed by atoms with Crippen LogP contribution in [0.2, 0.25) is 0 Å². The Labute approximate surface area is 293 Å². The molecule has 1 aliphatic heterocycles. The first kappa shape index (κ1) is 36.8. The van der Waals surface area contributed by atoms with Gasteiger partial charge in [0.2, 0.25) is 11.8 Å². The molecule has 1 fully saturated rings. The van der Waals surface area contributed by atoms with E-state index in [-0.39, 0.29) is 24.8 Å². The molecule has 4 N–H and O–H groups in total. The lowest BCUT2D eigenvalue weighted by Gasteiger charge is -2.30. The Morgan fingerprint density at radius 1 is 0.980 bits per heavy atom. The SMILES string of the molecule is CC(C)(C)OC(=O)NC(Cc1ccccc1)C(O)CC(Cc1ccc(OCCN2CCOCC2=O)cc1)C(=O)N[C@H]1c2ccccc2C[C@@H]1O. The number of amides is 3. The predicted molar refractivity (Wildman–Crippen MR) is 187 cm³/mol. The molecule has 3 unspecified atom stereocenters. The first-order valence-electron chi connectivity index (χ1n) is 17.3. The summed E-state index contributed by atoms with van der Waals surface area (Å²) in [7, 11) is 0. The van der Waals surface area contributed by atoms with Crippen molar-refractivity contribution >= 4 is 17.9 Å². The maximum absolute atomic E-state index is 14.1. The Morgan fingerprint density at radius 3 is 2.40 bits per heavy atom. The Kier molecular flexibility index (Phi) is 12.5. The van der Waals surface area contributed by atoms with Gasteiger partial charge in [0.25, 0.3) is 0 Å². The van der Waals surface area contributed by atoms with Gasteiger partial charge in [-0.3, -0.25) is 9.59 Å². The number of nitrogens with one attached hydrogen (secondary N) is 2. The van der Waals surface area contributed by atoms with Crippen LogP contribution in [0, 0.1) is 5.92 Å². The van der Waals surface area contributed by atoms with Crippen molar-refractivity contribution in [3.8, 4) is 5.75 Å². The summed E-state index contributed by atoms with van der Waals surface area (Å²) in [6, 6.07) is 23.3. The number of ether oxygens (including phenoxy) is 3. The number of hydrogen-bond acceptors (Lipinski definition) is 8. The predicted octanol–water partition coefficient (Wildman–Crippen LogP) is 3.74. The lowest BCUT2D eigenvalue weighted by atomic mass is 9.88. The van der Waals surface area contributed by atoms with E-state index in [2.05, 4.69) is 10.6 Å². The van der Waals surface area contributed by atoms with Gasteiger partial charge >= 0.3 is 6.09 Å². The van der Waals surface area contributed by atoms with Gasteiger partial charge in [-0.25, -0.2) is 4.79 Å². The molecular formula is C39H49N3O8. The monoisotopic (exact) mass is 687 g/mol. The fourth-order valence-electron chi connectivity index (χ4n) is 6.43. The van der Waals surface area contributed by atoms with Crippen molar-refractivity contribution in [1.82, 2.24) is 15.5 Å². The standard InChI is InChI=1S/C39H49N3O8/c1-39(2,3)50-38(47)40-32(22-26-9-5-4-6-10-26)33(43)24-29(37(46)41-36-31-12-8-7-11-28(31)23-34(36)44)21-27-13-15-30(16-14-27)49-20-18-42-17-19-48-25-35(42)45/h4-16,29,32-34,36,43-44H,17-25H2,1-3H3,(H,40,47)(H,41,46)/t29?,32?,33?,34-,36-/m0/s1. The van der Waals surface area contributed by atoms with Crippen LogP contribution in [0.25, 0.3) is 0 Å². The smallest absolute Gasteiger partial charge is 0.407 e. The molecule has 0 aromatic heterocycles. The van der Waals surface area contributed by atoms with E-state index in [1.807, 2.05) is 78.9 Å². The van der Waals surface area contributed by atoms with Gasteiger partial charge in [0.1, 0.15) is 24.6 Å². The summed E-state index contributed by atoms with van der Waals surface area (Å²) in [5.41, 5.74) is 2.89. The van der Waals surface area contributed by atoms with Crippen LogP contribution in [-0.4, -0.2) is 89.8 Å². The molecule has 2 aliphatic rings. The molecule has 11 heteroatoms. The quantitative estimate of drug-likeness (QED) is 0.201. The van der Waals surface area contributed by atoms with Crippen molar-refractivity contribution in [1.29, 1.82) is 0 Å². The van der Waals surface area contributed by atoms with E-state index in [4.69, 9.17) is 14.2 Å². The maximum atomic E-state index is 14.1. The third kappa shape index (κ3) is 10.5. The highest BCUT2D eigenvalue weighted by Crippen LogP contribution is 2.32. The molecule has 1 heterocycles. The average Bonchev–Trinajstić information content (AvgIpc) is 3.39. The largest absolute Gasteiger partial charge is 0.492 e. The van der Waals surface area contributed by atoms with Gasteiger partial charge in [0, 0.05) is 18.9 Å². The van der Waals surface area contributed by atoms with Gasteiger partial charge in [0.15, 0.2) is 0 Å². The fourth-order valence-corrected chi connectivity index (χ4v) is 6.43. The molecule has 1 saturated heterocycles. The molecule has 0 saturated carbocycles. The average molecular weight is 688 g/mol. The number of aliphatic hydroxyl groups is 2. The lowest BCUT2D eigenvalue weighted by molar-refractivity contribution is -0.143. The van der Waals surface area contributed by atoms with E-state index in [0.717, 1.165) is 22.3 Å². The molecule has 5 atom stereocenters. The number of morpholine rings is 1. The van der Waals surface area contributed by atoms with E-state index in [0.29, 0.717) is 51.3 Å². The summed E-state index contributed by atoms with van der Waals surface area (Å²) < 4.78 is 16.6. The number of carbonyl (C=O) groups is 3. The van der Waals surface area contributed by atoms with Gasteiger partial charge < -0.3 is 40.0 Å². The molecule has 3 aromatic rings. The summed E-state index contributed by atoms with van der Waals surface area (Å²) in [6.45, 7) is 7.25. The second-order valence-electron chi connectivity index (χ2n) is 14.0. The fraction of sp³-hybridized carbons (Fsp3) is 0.462. The first-order chi connectivity index (χ1) is 23.9. The van der Waals surface area contributed by atoms with Crippen molar-refractivity contribution in [3.05, 3.63) is 101 Å². The minimum absolute atomic E-state index is 0.0371. The van der Waals surface area contributed by atoms with Gasteiger partial charge in [-0.05, 0) is 74.4 Å². The van der Waals surface area contributed by atoms with Gasteiger partial charge in [-0.1, -0.05) is 66.7 Å². The molecule has 268 valence electrons. The van der Waals surface area contributed by atoms with E-state index in [1.54, 1.807) is 25.7 Å². The second kappa shape index (κ2) is 17.0. The Balaban J connectivity index is 1.31. The molecule has 5 rings (SSSR count). The minimum Gasteiger partial charge on any atom is -0.492 e. The highest BCUT2D eigenvalue weighted by Gasteiger charge is 2.35. The normalized spacial score (nSPS) is 19.2. The Morgan fingerprint density at radius 2 is 1.68 bits per heavy atom. The second-order valence-corrected chi connectivity index (χ2v) is 14.0. The molecule has 3 amide bonds. The van der Waals surface area contributed by atoms with E-state index >= 15 is 0 Å². The summed E-state index contributed by atoms with van der Waals surface area (Å²) in [4.78, 5) is 40.7. The summed E-state index contributed by atoms with van der Waals surface area (Å²) in [6.07, 6.45) is -1.44. The van der Waals surface area contributed by atoms with Crippen LogP contribution in [0.5, 0.6) is 5.75 Å². The van der Waals surface area contributed by atoms with Crippen molar-refractivity contribution < 1.29 is 38.8 Å². The number of fused-ring (bicyclic) bond motifs is 1. The van der Waals surface area contributed by atoms with Crippen molar-refractivity contribution in [2.45, 2.75) is 76.3 Å². The molecule has 11 nitrogen and oxygen atoms in total. The molecule has 3 aromatic carbocycles. The molecule has 50 heavy (non-hydrogen) atoms. The molecule has 0 bridgehead atoms. The van der Waals surface area contributed by atoms with E-state index in [1.165, 1.54) is 0 Å². The number of benzene rings is 3. The number of rotatable bonds is 14. The van der Waals surface area contributed by atoms with E-state index in [9.17, 15) is 24.6 Å². The third-order valence-corrected chi connectivity index (χ3v) is 8.98. The third-order valence-electron chi connectivity index (χ3n) is 8.98. The zero-order valence-electron chi connectivity index (χ0n) is 29.0. The molecule has 0 spiro atoms. The lowest BCUT2D eigenvalue weighted by Crippen LogP contribution is -2.48. The molecular weight excluding hydrogens is 638 g/mol. The van der Waals surface area contributed by atoms with Gasteiger partial charge in [-0.15, -0.1) is 0 Å². The van der Waals surface area contributed by atoms with Crippen LogP contribution in [0.15, 0.2) is 78.9 Å². The van der Waals surface area contributed by atoms with Crippen LogP contribution in [0.4, 0.5) is 4.79 Å². The summed E-state index contributed by atoms with van der Waals surface area (Å²) in [5, 5.41) is 28.5. The first-order valence-corrected chi connectivity index (χ1v) is 17.3. The van der Waals surface area contributed by atoms with E-state index < -0.39 is 41.9 Å². The Hall–Kier alpha value is -4.45. The summed E-state index contributed by atoms with van der Waals surface area (Å²) >= 11 is 0. The van der Waals surface area contributed by atoms with Crippen molar-refractivity contribution in [2.75, 3.05) is 32.9 Å². The highest BCUT2D eigenvalue weighted by molar-refractivity contribution is 5.80. The van der Waals surface area contributed by atoms with Gasteiger partial charge in [-0.2, -0.15) is 0 Å². The van der Waals surface area contributed by atoms with Crippen LogP contribution in [0.1, 0.15) is 55.5 Å². The van der Waals surface area contributed by atoms with Crippen molar-refractivity contribution in [2.24, 2.45) is 5.92 Å². The number of nitrogens with zero attached hydrogens (tertiary/aromatic N) is 1. The number of hydrogen-bond donors (Lipinski definition) is 4. The molecule has 1 aliphatic carbocycles. The zero-order valence-corrected chi connectivity index (χ0v) is 29.0. The maximum Gasteiger partial charge on any atom is 0.407 e. The zero-order chi connectivity index (χ0) is 35.7. The van der Waals surface area contributed by atoms with Crippen LogP contribution in [0.3, 0.4) is 0 Å². The van der Waals surface area contributed by atoms with Crippen LogP contribution < -0.4 is 15.4 Å². The van der Waals surface area contributed by atoms with Gasteiger partial charge in [0.05, 0.1) is 37.4 Å². The topological polar surface area (TPSA) is 147 Å². The number of carbonyl (C=O) groups excluding carboxylic acids is 3.